The molecule has 1 aromatic heterocycles. The summed E-state index contributed by atoms with van der Waals surface area (Å²) in [5, 5.41) is 13.9. The lowest BCUT2D eigenvalue weighted by atomic mass is 10.3. The monoisotopic (exact) mass is 283 g/mol. The number of nitrogens with one attached hydrogen (secondary N) is 1. The Kier molecular flexibility index (Phi) is 4.92. The van der Waals surface area contributed by atoms with E-state index in [1.807, 2.05) is 18.2 Å². The van der Waals surface area contributed by atoms with Gasteiger partial charge in [0.15, 0.2) is 5.01 Å². The summed E-state index contributed by atoms with van der Waals surface area (Å²) in [7, 11) is 0. The number of aromatic nitrogens is 2. The molecule has 0 amide bonds. The van der Waals surface area contributed by atoms with Crippen molar-refractivity contribution in [2.45, 2.75) is 20.1 Å². The van der Waals surface area contributed by atoms with Crippen LogP contribution in [-0.2, 0) is 13.2 Å². The van der Waals surface area contributed by atoms with Gasteiger partial charge in [0.05, 0.1) is 0 Å². The minimum absolute atomic E-state index is 0.421. The van der Waals surface area contributed by atoms with Gasteiger partial charge >= 0.3 is 0 Å². The highest BCUT2D eigenvalue weighted by Crippen LogP contribution is 2.19. The Morgan fingerprint density at radius 3 is 2.94 bits per heavy atom. The predicted molar refractivity (Wildman–Crippen MR) is 73.1 cm³/mol. The zero-order valence-corrected chi connectivity index (χ0v) is 11.6. The van der Waals surface area contributed by atoms with Gasteiger partial charge in [0.25, 0.3) is 0 Å². The van der Waals surface area contributed by atoms with Gasteiger partial charge in [-0.05, 0) is 24.7 Å². The first-order chi connectivity index (χ1) is 8.78. The van der Waals surface area contributed by atoms with E-state index in [1.54, 1.807) is 17.4 Å². The van der Waals surface area contributed by atoms with Gasteiger partial charge in [-0.25, -0.2) is 0 Å². The van der Waals surface area contributed by atoms with Gasteiger partial charge in [-0.15, -0.1) is 10.2 Å². The molecule has 96 valence electrons. The van der Waals surface area contributed by atoms with E-state index in [2.05, 4.69) is 22.4 Å². The molecule has 4 nitrogen and oxygen atoms in total. The molecule has 2 aromatic rings. The molecule has 1 aromatic carbocycles. The van der Waals surface area contributed by atoms with Crippen LogP contribution < -0.4 is 10.1 Å². The molecule has 0 aliphatic heterocycles. The number of halogens is 1. The third-order valence-corrected chi connectivity index (χ3v) is 3.33. The van der Waals surface area contributed by atoms with E-state index in [0.717, 1.165) is 28.9 Å². The summed E-state index contributed by atoms with van der Waals surface area (Å²) in [6, 6.07) is 7.32. The Bertz CT molecular complexity index is 504. The van der Waals surface area contributed by atoms with Crippen molar-refractivity contribution in [2.75, 3.05) is 6.54 Å². The van der Waals surface area contributed by atoms with Crippen molar-refractivity contribution >= 4 is 22.9 Å². The van der Waals surface area contributed by atoms with Crippen molar-refractivity contribution in [1.29, 1.82) is 0 Å². The molecule has 2 rings (SSSR count). The van der Waals surface area contributed by atoms with Gasteiger partial charge in [-0.1, -0.05) is 35.9 Å². The first-order valence-corrected chi connectivity index (χ1v) is 6.87. The van der Waals surface area contributed by atoms with E-state index in [-0.39, 0.29) is 0 Å². The molecule has 0 atom stereocenters. The van der Waals surface area contributed by atoms with Crippen LogP contribution in [0.15, 0.2) is 24.3 Å². The Morgan fingerprint density at radius 2 is 2.17 bits per heavy atom. The normalized spacial score (nSPS) is 10.6. The molecule has 0 bridgehead atoms. The van der Waals surface area contributed by atoms with Crippen molar-refractivity contribution in [3.05, 3.63) is 39.3 Å². The average molecular weight is 284 g/mol. The summed E-state index contributed by atoms with van der Waals surface area (Å²) >= 11 is 7.43. The highest BCUT2D eigenvalue weighted by Gasteiger charge is 2.04. The van der Waals surface area contributed by atoms with Crippen LogP contribution in [0, 0.1) is 0 Å². The molecular formula is C12H14ClN3OS. The molecule has 1 heterocycles. The van der Waals surface area contributed by atoms with Gasteiger partial charge < -0.3 is 10.1 Å². The van der Waals surface area contributed by atoms with Crippen molar-refractivity contribution in [1.82, 2.24) is 15.5 Å². The Morgan fingerprint density at radius 1 is 1.33 bits per heavy atom. The Labute approximate surface area is 115 Å². The van der Waals surface area contributed by atoms with Crippen LogP contribution in [0.4, 0.5) is 0 Å². The lowest BCUT2D eigenvalue weighted by Gasteiger charge is -2.03. The topological polar surface area (TPSA) is 47.0 Å². The van der Waals surface area contributed by atoms with Gasteiger partial charge in [0.1, 0.15) is 17.4 Å². The van der Waals surface area contributed by atoms with Gasteiger partial charge in [-0.3, -0.25) is 0 Å². The van der Waals surface area contributed by atoms with Crippen LogP contribution in [-0.4, -0.2) is 16.7 Å². The molecule has 0 aliphatic carbocycles. The standard InChI is InChI=1S/C12H14ClN3OS/c1-2-14-7-11-15-16-12(18-11)8-17-10-5-3-4-9(13)6-10/h3-6,14H,2,7-8H2,1H3. The first kappa shape index (κ1) is 13.3. The highest BCUT2D eigenvalue weighted by molar-refractivity contribution is 7.11. The maximum absolute atomic E-state index is 5.87. The zero-order chi connectivity index (χ0) is 12.8. The van der Waals surface area contributed by atoms with Crippen LogP contribution >= 0.6 is 22.9 Å². The zero-order valence-electron chi connectivity index (χ0n) is 10.0. The van der Waals surface area contributed by atoms with Crippen LogP contribution in [0.1, 0.15) is 16.9 Å². The van der Waals surface area contributed by atoms with E-state index in [9.17, 15) is 0 Å². The fourth-order valence-corrected chi connectivity index (χ4v) is 2.26. The number of ether oxygens (including phenoxy) is 1. The van der Waals surface area contributed by atoms with E-state index < -0.39 is 0 Å². The Hall–Kier alpha value is -1.17. The number of benzene rings is 1. The van der Waals surface area contributed by atoms with Gasteiger partial charge in [0, 0.05) is 11.6 Å². The highest BCUT2D eigenvalue weighted by atomic mass is 35.5. The number of rotatable bonds is 6. The quantitative estimate of drug-likeness (QED) is 0.885. The molecule has 0 spiro atoms. The van der Waals surface area contributed by atoms with Crippen LogP contribution in [0.5, 0.6) is 5.75 Å². The molecule has 0 fully saturated rings. The number of nitrogens with zero attached hydrogens (tertiary/aromatic N) is 2. The third kappa shape index (κ3) is 3.94. The summed E-state index contributed by atoms with van der Waals surface area (Å²) in [5.41, 5.74) is 0. The van der Waals surface area contributed by atoms with Gasteiger partial charge in [-0.2, -0.15) is 0 Å². The van der Waals surface area contributed by atoms with Crippen LogP contribution in [0.25, 0.3) is 0 Å². The second-order valence-electron chi connectivity index (χ2n) is 3.62. The molecule has 0 radical (unpaired) electrons. The molecule has 6 heteroatoms. The summed E-state index contributed by atoms with van der Waals surface area (Å²) in [6.45, 7) is 4.16. The van der Waals surface area contributed by atoms with Crippen molar-refractivity contribution in [2.24, 2.45) is 0 Å². The first-order valence-electron chi connectivity index (χ1n) is 5.68. The summed E-state index contributed by atoms with van der Waals surface area (Å²) in [4.78, 5) is 0. The van der Waals surface area contributed by atoms with Crippen molar-refractivity contribution in [3.63, 3.8) is 0 Å². The molecule has 0 saturated carbocycles. The van der Waals surface area contributed by atoms with E-state index in [0.29, 0.717) is 11.6 Å². The second-order valence-corrected chi connectivity index (χ2v) is 5.20. The molecular weight excluding hydrogens is 270 g/mol. The predicted octanol–water partition coefficient (Wildman–Crippen LogP) is 2.88. The minimum Gasteiger partial charge on any atom is -0.486 e. The Balaban J connectivity index is 1.88. The van der Waals surface area contributed by atoms with Gasteiger partial charge in [0.2, 0.25) is 0 Å². The van der Waals surface area contributed by atoms with Crippen molar-refractivity contribution < 1.29 is 4.74 Å². The number of hydrogen-bond acceptors (Lipinski definition) is 5. The molecule has 0 unspecified atom stereocenters. The van der Waals surface area contributed by atoms with E-state index >= 15 is 0 Å². The largest absolute Gasteiger partial charge is 0.486 e. The third-order valence-electron chi connectivity index (χ3n) is 2.19. The van der Waals surface area contributed by atoms with Crippen molar-refractivity contribution in [3.8, 4) is 5.75 Å². The lowest BCUT2D eigenvalue weighted by Crippen LogP contribution is -2.11. The maximum atomic E-state index is 5.87. The fraction of sp³-hybridized carbons (Fsp3) is 0.333. The smallest absolute Gasteiger partial charge is 0.155 e. The average Bonchev–Trinajstić information content (AvgIpc) is 2.82. The molecule has 0 aliphatic rings. The lowest BCUT2D eigenvalue weighted by molar-refractivity contribution is 0.304. The summed E-state index contributed by atoms with van der Waals surface area (Å²) in [5.74, 6) is 0.742. The minimum atomic E-state index is 0.421. The summed E-state index contributed by atoms with van der Waals surface area (Å²) < 4.78 is 5.59. The van der Waals surface area contributed by atoms with Crippen LogP contribution in [0.3, 0.4) is 0 Å². The van der Waals surface area contributed by atoms with E-state index in [1.165, 1.54) is 0 Å². The van der Waals surface area contributed by atoms with Crippen LogP contribution in [0.2, 0.25) is 5.02 Å². The maximum Gasteiger partial charge on any atom is 0.155 e. The second kappa shape index (κ2) is 6.68. The number of hydrogen-bond donors (Lipinski definition) is 1. The van der Waals surface area contributed by atoms with E-state index in [4.69, 9.17) is 16.3 Å². The molecule has 18 heavy (non-hydrogen) atoms. The fourth-order valence-electron chi connectivity index (χ4n) is 1.35. The SMILES string of the molecule is CCNCc1nnc(COc2cccc(Cl)c2)s1. The summed E-state index contributed by atoms with van der Waals surface area (Å²) in [6.07, 6.45) is 0. The molecule has 1 N–H and O–H groups in total. The molecule has 0 saturated heterocycles.